The SMILES string of the molecule is c1ccc(-c2[nH]c3ccccc3c2C2C[C@H]3CC[C@@H](C2)N3)cc1. The molecule has 2 fully saturated rings. The van der Waals surface area contributed by atoms with E-state index in [-0.39, 0.29) is 0 Å². The first-order valence-corrected chi connectivity index (χ1v) is 8.80. The van der Waals surface area contributed by atoms with E-state index in [1.807, 2.05) is 0 Å². The fourth-order valence-electron chi connectivity index (χ4n) is 4.71. The van der Waals surface area contributed by atoms with Gasteiger partial charge in [-0.25, -0.2) is 0 Å². The second-order valence-corrected chi connectivity index (χ2v) is 7.13. The molecule has 116 valence electrons. The molecule has 2 saturated heterocycles. The lowest BCUT2D eigenvalue weighted by Crippen LogP contribution is -2.37. The van der Waals surface area contributed by atoms with Gasteiger partial charge in [0.1, 0.15) is 0 Å². The topological polar surface area (TPSA) is 27.8 Å². The number of nitrogens with one attached hydrogen (secondary N) is 2. The molecule has 2 bridgehead atoms. The van der Waals surface area contributed by atoms with Gasteiger partial charge in [-0.2, -0.15) is 0 Å². The van der Waals surface area contributed by atoms with Crippen molar-refractivity contribution in [2.75, 3.05) is 0 Å². The number of fused-ring (bicyclic) bond motifs is 3. The first-order valence-electron chi connectivity index (χ1n) is 8.80. The Balaban J connectivity index is 1.69. The second-order valence-electron chi connectivity index (χ2n) is 7.13. The Hall–Kier alpha value is -2.06. The van der Waals surface area contributed by atoms with Crippen LogP contribution in [0.15, 0.2) is 54.6 Å². The van der Waals surface area contributed by atoms with Crippen LogP contribution in [-0.4, -0.2) is 17.1 Å². The van der Waals surface area contributed by atoms with Gasteiger partial charge in [-0.3, -0.25) is 0 Å². The third kappa shape index (κ3) is 2.21. The summed E-state index contributed by atoms with van der Waals surface area (Å²) >= 11 is 0. The molecule has 3 heterocycles. The molecule has 23 heavy (non-hydrogen) atoms. The zero-order chi connectivity index (χ0) is 15.2. The lowest BCUT2D eigenvalue weighted by molar-refractivity contribution is 0.365. The van der Waals surface area contributed by atoms with Gasteiger partial charge >= 0.3 is 0 Å². The van der Waals surface area contributed by atoms with Crippen LogP contribution in [0.4, 0.5) is 0 Å². The Kier molecular flexibility index (Phi) is 3.05. The summed E-state index contributed by atoms with van der Waals surface area (Å²) in [6.07, 6.45) is 5.25. The fourth-order valence-corrected chi connectivity index (χ4v) is 4.71. The third-order valence-electron chi connectivity index (χ3n) is 5.69. The lowest BCUT2D eigenvalue weighted by Gasteiger charge is -2.30. The number of rotatable bonds is 2. The summed E-state index contributed by atoms with van der Waals surface area (Å²) in [7, 11) is 0. The zero-order valence-electron chi connectivity index (χ0n) is 13.3. The molecule has 0 spiro atoms. The Morgan fingerprint density at radius 2 is 1.48 bits per heavy atom. The number of piperidine rings is 1. The highest BCUT2D eigenvalue weighted by molar-refractivity contribution is 5.91. The number of aromatic nitrogens is 1. The molecule has 5 rings (SSSR count). The predicted octanol–water partition coefficient (Wildman–Crippen LogP) is 4.83. The van der Waals surface area contributed by atoms with Crippen LogP contribution in [0.5, 0.6) is 0 Å². The van der Waals surface area contributed by atoms with Gasteiger partial charge < -0.3 is 10.3 Å². The molecule has 1 unspecified atom stereocenters. The molecule has 2 aliphatic rings. The highest BCUT2D eigenvalue weighted by Crippen LogP contribution is 2.44. The summed E-state index contributed by atoms with van der Waals surface area (Å²) in [6, 6.07) is 21.1. The van der Waals surface area contributed by atoms with E-state index in [4.69, 9.17) is 0 Å². The van der Waals surface area contributed by atoms with Gasteiger partial charge in [-0.15, -0.1) is 0 Å². The zero-order valence-corrected chi connectivity index (χ0v) is 13.3. The smallest absolute Gasteiger partial charge is 0.0500 e. The minimum atomic E-state index is 0.667. The number of para-hydroxylation sites is 1. The number of aromatic amines is 1. The first kappa shape index (κ1) is 13.4. The molecule has 0 radical (unpaired) electrons. The minimum absolute atomic E-state index is 0.667. The summed E-state index contributed by atoms with van der Waals surface area (Å²) in [5, 5.41) is 5.19. The number of hydrogen-bond acceptors (Lipinski definition) is 1. The van der Waals surface area contributed by atoms with Crippen molar-refractivity contribution in [3.8, 4) is 11.3 Å². The predicted molar refractivity (Wildman–Crippen MR) is 95.7 cm³/mol. The maximum atomic E-state index is 3.78. The van der Waals surface area contributed by atoms with Crippen molar-refractivity contribution in [3.63, 3.8) is 0 Å². The molecule has 2 N–H and O–H groups in total. The summed E-state index contributed by atoms with van der Waals surface area (Å²) in [5.41, 5.74) is 5.46. The molecule has 2 heteroatoms. The summed E-state index contributed by atoms with van der Waals surface area (Å²) < 4.78 is 0. The van der Waals surface area contributed by atoms with Gasteiger partial charge in [0.05, 0.1) is 0 Å². The average molecular weight is 302 g/mol. The Morgan fingerprint density at radius 1 is 0.783 bits per heavy atom. The van der Waals surface area contributed by atoms with E-state index < -0.39 is 0 Å². The van der Waals surface area contributed by atoms with E-state index in [1.165, 1.54) is 47.8 Å². The van der Waals surface area contributed by atoms with E-state index in [9.17, 15) is 0 Å². The van der Waals surface area contributed by atoms with Gasteiger partial charge in [-0.05, 0) is 48.8 Å². The minimum Gasteiger partial charge on any atom is -0.354 e. The molecule has 2 aromatic carbocycles. The largest absolute Gasteiger partial charge is 0.354 e. The summed E-state index contributed by atoms with van der Waals surface area (Å²) in [6.45, 7) is 0. The molecule has 3 atom stereocenters. The molecular weight excluding hydrogens is 280 g/mol. The molecule has 2 nitrogen and oxygen atoms in total. The fraction of sp³-hybridized carbons (Fsp3) is 0.333. The summed E-state index contributed by atoms with van der Waals surface area (Å²) in [5.74, 6) is 0.667. The highest BCUT2D eigenvalue weighted by atomic mass is 15.0. The van der Waals surface area contributed by atoms with Crippen molar-refractivity contribution in [1.82, 2.24) is 10.3 Å². The van der Waals surface area contributed by atoms with Crippen molar-refractivity contribution >= 4 is 10.9 Å². The molecule has 0 saturated carbocycles. The third-order valence-corrected chi connectivity index (χ3v) is 5.69. The van der Waals surface area contributed by atoms with Gasteiger partial charge in [0, 0.05) is 28.7 Å². The van der Waals surface area contributed by atoms with E-state index in [1.54, 1.807) is 5.56 Å². The molecule has 0 aliphatic carbocycles. The van der Waals surface area contributed by atoms with Crippen LogP contribution in [0.25, 0.3) is 22.2 Å². The van der Waals surface area contributed by atoms with Crippen molar-refractivity contribution in [2.24, 2.45) is 0 Å². The van der Waals surface area contributed by atoms with Crippen LogP contribution < -0.4 is 5.32 Å². The van der Waals surface area contributed by atoms with E-state index in [2.05, 4.69) is 64.9 Å². The van der Waals surface area contributed by atoms with Gasteiger partial charge in [0.15, 0.2) is 0 Å². The van der Waals surface area contributed by atoms with Crippen LogP contribution >= 0.6 is 0 Å². The quantitative estimate of drug-likeness (QED) is 0.697. The molecule has 1 aromatic heterocycles. The Bertz CT molecular complexity index is 821. The van der Waals surface area contributed by atoms with Crippen molar-refractivity contribution in [1.29, 1.82) is 0 Å². The molecule has 3 aromatic rings. The standard InChI is InChI=1S/C21H22N2/c1-2-6-14(7-3-1)21-20(18-8-4-5-9-19(18)23-21)15-12-16-10-11-17(13-15)22-16/h1-9,15-17,22-23H,10-13H2/t15?,16-,17+. The highest BCUT2D eigenvalue weighted by Gasteiger charge is 2.36. The maximum Gasteiger partial charge on any atom is 0.0500 e. The van der Waals surface area contributed by atoms with Gasteiger partial charge in [0.2, 0.25) is 0 Å². The average Bonchev–Trinajstić information content (AvgIpc) is 3.15. The van der Waals surface area contributed by atoms with Gasteiger partial charge in [-0.1, -0.05) is 48.5 Å². The Labute approximate surface area is 136 Å². The number of hydrogen-bond donors (Lipinski definition) is 2. The second kappa shape index (κ2) is 5.24. The summed E-state index contributed by atoms with van der Waals surface area (Å²) in [4.78, 5) is 3.71. The first-order chi connectivity index (χ1) is 11.4. The van der Waals surface area contributed by atoms with Crippen LogP contribution in [0.2, 0.25) is 0 Å². The van der Waals surface area contributed by atoms with E-state index in [0.29, 0.717) is 5.92 Å². The number of H-pyrrole nitrogens is 1. The van der Waals surface area contributed by atoms with E-state index >= 15 is 0 Å². The normalized spacial score (nSPS) is 26.7. The molecular formula is C21H22N2. The van der Waals surface area contributed by atoms with Crippen LogP contribution in [0.3, 0.4) is 0 Å². The van der Waals surface area contributed by atoms with E-state index in [0.717, 1.165) is 12.1 Å². The molecule has 2 aliphatic heterocycles. The van der Waals surface area contributed by atoms with Crippen LogP contribution in [-0.2, 0) is 0 Å². The van der Waals surface area contributed by atoms with Gasteiger partial charge in [0.25, 0.3) is 0 Å². The molecule has 0 amide bonds. The van der Waals surface area contributed by atoms with Crippen molar-refractivity contribution in [3.05, 3.63) is 60.2 Å². The van der Waals surface area contributed by atoms with Crippen LogP contribution in [0, 0.1) is 0 Å². The maximum absolute atomic E-state index is 3.78. The number of benzene rings is 2. The Morgan fingerprint density at radius 3 is 2.26 bits per heavy atom. The van der Waals surface area contributed by atoms with Crippen molar-refractivity contribution < 1.29 is 0 Å². The monoisotopic (exact) mass is 302 g/mol. The van der Waals surface area contributed by atoms with Crippen molar-refractivity contribution in [2.45, 2.75) is 43.7 Å². The lowest BCUT2D eigenvalue weighted by atomic mass is 9.83. The van der Waals surface area contributed by atoms with Crippen LogP contribution in [0.1, 0.15) is 37.2 Å².